The van der Waals surface area contributed by atoms with Crippen molar-refractivity contribution in [1.29, 1.82) is 0 Å². The van der Waals surface area contributed by atoms with E-state index in [0.29, 0.717) is 17.7 Å². The van der Waals surface area contributed by atoms with E-state index in [1.54, 1.807) is 11.3 Å². The summed E-state index contributed by atoms with van der Waals surface area (Å²) in [7, 11) is 0. The lowest BCUT2D eigenvalue weighted by molar-refractivity contribution is -0.148. The van der Waals surface area contributed by atoms with Crippen LogP contribution in [-0.2, 0) is 9.53 Å². The summed E-state index contributed by atoms with van der Waals surface area (Å²) in [6.07, 6.45) is 5.19. The average Bonchev–Trinajstić information content (AvgIpc) is 3.53. The number of nitrogens with zero attached hydrogens (tertiary/aromatic N) is 2. The maximum Gasteiger partial charge on any atom is 0.322 e. The Balaban J connectivity index is 1.38. The largest absolute Gasteiger partial charge is 0.465 e. The number of nitrogens with one attached hydrogen (secondary N) is 1. The van der Waals surface area contributed by atoms with Gasteiger partial charge in [0.1, 0.15) is 15.4 Å². The predicted molar refractivity (Wildman–Crippen MR) is 136 cm³/mol. The minimum absolute atomic E-state index is 0.146. The van der Waals surface area contributed by atoms with Gasteiger partial charge < -0.3 is 10.1 Å². The number of esters is 1. The van der Waals surface area contributed by atoms with Crippen LogP contribution in [0.3, 0.4) is 0 Å². The molecule has 2 heterocycles. The molecule has 0 spiro atoms. The molecule has 2 aliphatic rings. The molecule has 33 heavy (non-hydrogen) atoms. The van der Waals surface area contributed by atoms with Gasteiger partial charge in [-0.15, -0.1) is 11.3 Å². The number of carbonyl (C=O) groups excluding carboxylic acids is 1. The van der Waals surface area contributed by atoms with Crippen molar-refractivity contribution < 1.29 is 9.53 Å². The second kappa shape index (κ2) is 8.29. The van der Waals surface area contributed by atoms with Crippen molar-refractivity contribution >= 4 is 61.6 Å². The van der Waals surface area contributed by atoms with Gasteiger partial charge in [-0.2, -0.15) is 0 Å². The summed E-state index contributed by atoms with van der Waals surface area (Å²) in [5.74, 6) is 1.33. The molecule has 2 aliphatic carbocycles. The number of fused-ring (bicyclic) bond motifs is 2. The summed E-state index contributed by atoms with van der Waals surface area (Å²) in [5, 5.41) is 9.79. The van der Waals surface area contributed by atoms with E-state index in [1.807, 2.05) is 12.3 Å². The van der Waals surface area contributed by atoms with Crippen LogP contribution in [0.5, 0.6) is 0 Å². The summed E-state index contributed by atoms with van der Waals surface area (Å²) in [6.45, 7) is 2.24. The Hall–Kier alpha value is -2.64. The van der Waals surface area contributed by atoms with Crippen LogP contribution in [0.4, 0.5) is 11.5 Å². The molecule has 0 atom stereocenters. The molecule has 0 unspecified atom stereocenters. The minimum atomic E-state index is -0.559. The van der Waals surface area contributed by atoms with Crippen molar-refractivity contribution in [3.63, 3.8) is 0 Å². The smallest absolute Gasteiger partial charge is 0.322 e. The van der Waals surface area contributed by atoms with E-state index in [-0.39, 0.29) is 5.97 Å². The van der Waals surface area contributed by atoms with Crippen LogP contribution in [-0.4, -0.2) is 27.3 Å². The lowest BCUT2D eigenvalue weighted by Crippen LogP contribution is -2.43. The molecule has 2 saturated carbocycles. The predicted octanol–water partition coefficient (Wildman–Crippen LogP) is 7.04. The minimum Gasteiger partial charge on any atom is -0.465 e. The van der Waals surface area contributed by atoms with Gasteiger partial charge >= 0.3 is 5.97 Å². The molecular formula is C26H25N3O2S2. The number of thioether (sulfide) groups is 1. The van der Waals surface area contributed by atoms with Gasteiger partial charge in [-0.1, -0.05) is 42.1 Å². The third-order valence-corrected chi connectivity index (χ3v) is 8.77. The van der Waals surface area contributed by atoms with Gasteiger partial charge in [-0.25, -0.2) is 9.97 Å². The zero-order valence-electron chi connectivity index (χ0n) is 18.5. The molecule has 7 heteroatoms. The molecule has 2 aromatic carbocycles. The first-order valence-electron chi connectivity index (χ1n) is 11.6. The van der Waals surface area contributed by atoms with Gasteiger partial charge in [-0.05, 0) is 73.4 Å². The third kappa shape index (κ3) is 3.77. The Morgan fingerprint density at radius 1 is 1.12 bits per heavy atom. The van der Waals surface area contributed by atoms with E-state index in [1.165, 1.54) is 40.9 Å². The lowest BCUT2D eigenvalue weighted by Gasteiger charge is -2.37. The summed E-state index contributed by atoms with van der Waals surface area (Å²) in [5.41, 5.74) is 2.48. The fourth-order valence-electron chi connectivity index (χ4n) is 4.57. The van der Waals surface area contributed by atoms with Gasteiger partial charge in [0.25, 0.3) is 0 Å². The average molecular weight is 476 g/mol. The van der Waals surface area contributed by atoms with Gasteiger partial charge in [0.2, 0.25) is 0 Å². The highest BCUT2D eigenvalue weighted by molar-refractivity contribution is 8.01. The van der Waals surface area contributed by atoms with Crippen LogP contribution >= 0.6 is 23.1 Å². The molecule has 0 aliphatic heterocycles. The number of ether oxygens (including phenoxy) is 1. The summed E-state index contributed by atoms with van der Waals surface area (Å²) >= 11 is 3.05. The van der Waals surface area contributed by atoms with Crippen LogP contribution in [0.15, 0.2) is 53.0 Å². The van der Waals surface area contributed by atoms with Gasteiger partial charge in [-0.3, -0.25) is 4.79 Å². The van der Waals surface area contributed by atoms with E-state index in [2.05, 4.69) is 47.8 Å². The second-order valence-electron chi connectivity index (χ2n) is 8.81. The van der Waals surface area contributed by atoms with E-state index >= 15 is 0 Å². The van der Waals surface area contributed by atoms with E-state index in [0.717, 1.165) is 41.0 Å². The quantitative estimate of drug-likeness (QED) is 0.228. The molecule has 4 aromatic rings. The summed E-state index contributed by atoms with van der Waals surface area (Å²) < 4.78 is 4.82. The Morgan fingerprint density at radius 3 is 2.67 bits per heavy atom. The van der Waals surface area contributed by atoms with Crippen molar-refractivity contribution in [2.24, 2.45) is 0 Å². The first kappa shape index (κ1) is 20.9. The van der Waals surface area contributed by atoms with E-state index < -0.39 is 4.75 Å². The van der Waals surface area contributed by atoms with Crippen molar-refractivity contribution in [3.05, 3.63) is 53.4 Å². The molecular weight excluding hydrogens is 450 g/mol. The Bertz CT molecular complexity index is 1360. The third-order valence-electron chi connectivity index (χ3n) is 6.63. The van der Waals surface area contributed by atoms with Gasteiger partial charge in [0.15, 0.2) is 5.16 Å². The number of hydrogen-bond acceptors (Lipinski definition) is 7. The van der Waals surface area contributed by atoms with Crippen molar-refractivity contribution in [1.82, 2.24) is 9.97 Å². The molecule has 2 aromatic heterocycles. The van der Waals surface area contributed by atoms with Crippen LogP contribution < -0.4 is 5.32 Å². The summed E-state index contributed by atoms with van der Waals surface area (Å²) in [6, 6.07) is 15.1. The number of thiophene rings is 1. The van der Waals surface area contributed by atoms with Crippen LogP contribution in [0, 0.1) is 0 Å². The molecule has 168 valence electrons. The molecule has 6 rings (SSSR count). The van der Waals surface area contributed by atoms with Crippen molar-refractivity contribution in [2.45, 2.75) is 54.8 Å². The molecule has 0 saturated heterocycles. The number of aromatic nitrogens is 2. The number of hydrogen-bond donors (Lipinski definition) is 1. The molecule has 0 amide bonds. The first-order valence-corrected chi connectivity index (χ1v) is 13.3. The van der Waals surface area contributed by atoms with Crippen LogP contribution in [0.1, 0.15) is 50.5 Å². The molecule has 0 bridgehead atoms. The maximum atomic E-state index is 12.7. The Labute approximate surface area is 201 Å². The first-order chi connectivity index (χ1) is 16.2. The van der Waals surface area contributed by atoms with Crippen molar-refractivity contribution in [2.75, 3.05) is 11.9 Å². The Morgan fingerprint density at radius 2 is 1.94 bits per heavy atom. The van der Waals surface area contributed by atoms with E-state index in [9.17, 15) is 4.79 Å². The maximum absolute atomic E-state index is 12.7. The molecule has 5 nitrogen and oxygen atoms in total. The number of rotatable bonds is 7. The highest BCUT2D eigenvalue weighted by Gasteiger charge is 2.47. The monoisotopic (exact) mass is 475 g/mol. The topological polar surface area (TPSA) is 64.1 Å². The van der Waals surface area contributed by atoms with Gasteiger partial charge in [0.05, 0.1) is 12.0 Å². The van der Waals surface area contributed by atoms with Crippen LogP contribution in [0.25, 0.3) is 21.0 Å². The molecule has 0 radical (unpaired) electrons. The normalized spacial score (nSPS) is 17.1. The zero-order valence-corrected chi connectivity index (χ0v) is 20.1. The SMILES string of the molecule is CCOC(=O)C1(Sc2nc(Nc3ccc(C4CC4)c4ccccc34)c3ccsc3n2)CCC1. The molecule has 2 fully saturated rings. The number of benzene rings is 2. The lowest BCUT2D eigenvalue weighted by atomic mass is 9.84. The standard InChI is InChI=1S/C26H25N3O2S2/c1-2-31-24(30)26(13-5-14-26)33-25-28-22(20-12-15-32-23(20)29-25)27-21-11-10-17(16-8-9-16)18-6-3-4-7-19(18)21/h3-4,6-7,10-12,15-16H,2,5,8-9,13-14H2,1H3,(H,27,28,29). The fraction of sp³-hybridized carbons (Fsp3) is 0.346. The highest BCUT2D eigenvalue weighted by atomic mass is 32.2. The summed E-state index contributed by atoms with van der Waals surface area (Å²) in [4.78, 5) is 23.3. The number of carbonyl (C=O) groups is 1. The van der Waals surface area contributed by atoms with Crippen LogP contribution in [0.2, 0.25) is 0 Å². The number of anilines is 2. The zero-order chi connectivity index (χ0) is 22.4. The second-order valence-corrected chi connectivity index (χ2v) is 11.1. The van der Waals surface area contributed by atoms with Crippen molar-refractivity contribution in [3.8, 4) is 0 Å². The highest BCUT2D eigenvalue weighted by Crippen LogP contribution is 2.49. The molecule has 1 N–H and O–H groups in total. The van der Waals surface area contributed by atoms with E-state index in [4.69, 9.17) is 14.7 Å². The van der Waals surface area contributed by atoms with Gasteiger partial charge in [0, 0.05) is 11.1 Å². The Kier molecular flexibility index (Phi) is 5.26. The fourth-order valence-corrected chi connectivity index (χ4v) is 6.65.